The van der Waals surface area contributed by atoms with E-state index in [1.807, 2.05) is 0 Å². The summed E-state index contributed by atoms with van der Waals surface area (Å²) in [6.45, 7) is 8.44. The van der Waals surface area contributed by atoms with Crippen LogP contribution < -0.4 is 11.5 Å². The third-order valence-electron chi connectivity index (χ3n) is 2.84. The molecule has 0 amide bonds. The van der Waals surface area contributed by atoms with Gasteiger partial charge in [0.25, 0.3) is 0 Å². The highest BCUT2D eigenvalue weighted by atomic mass is 35.5. The second-order valence-corrected chi connectivity index (χ2v) is 4.45. The van der Waals surface area contributed by atoms with Crippen molar-refractivity contribution >= 4 is 12.4 Å². The van der Waals surface area contributed by atoms with E-state index in [9.17, 15) is 0 Å². The summed E-state index contributed by atoms with van der Waals surface area (Å²) in [6.07, 6.45) is 1.10. The minimum Gasteiger partial charge on any atom is -0.329 e. The Hall–Kier alpha value is 0.170. The summed E-state index contributed by atoms with van der Waals surface area (Å²) in [5.74, 6) is 0. The zero-order valence-corrected chi connectivity index (χ0v) is 9.44. The molecule has 1 aliphatic heterocycles. The van der Waals surface area contributed by atoms with Crippen LogP contribution in [0.1, 0.15) is 20.3 Å². The Morgan fingerprint density at radius 2 is 2.08 bits per heavy atom. The number of hydrogen-bond acceptors (Lipinski definition) is 3. The lowest BCUT2D eigenvalue weighted by atomic mass is 9.80. The molecular weight excluding hydrogens is 186 g/mol. The monoisotopic (exact) mass is 207 g/mol. The molecule has 4 heteroatoms. The van der Waals surface area contributed by atoms with Gasteiger partial charge in [-0.1, -0.05) is 13.8 Å². The SMILES string of the molecule is CC1(C)CN(CCN)CCC1N.Cl. The summed E-state index contributed by atoms with van der Waals surface area (Å²) < 4.78 is 0. The minimum atomic E-state index is 0. The average Bonchev–Trinajstić information content (AvgIpc) is 1.97. The summed E-state index contributed by atoms with van der Waals surface area (Å²) in [6, 6.07) is 0.353. The van der Waals surface area contributed by atoms with Gasteiger partial charge in [0.15, 0.2) is 0 Å². The van der Waals surface area contributed by atoms with Gasteiger partial charge in [-0.3, -0.25) is 0 Å². The number of rotatable bonds is 2. The number of hydrogen-bond donors (Lipinski definition) is 2. The van der Waals surface area contributed by atoms with E-state index in [0.29, 0.717) is 6.04 Å². The number of piperidine rings is 1. The summed E-state index contributed by atoms with van der Waals surface area (Å²) in [4.78, 5) is 2.41. The number of halogens is 1. The van der Waals surface area contributed by atoms with Crippen LogP contribution in [0.2, 0.25) is 0 Å². The Labute approximate surface area is 87.2 Å². The maximum atomic E-state index is 6.01. The molecule has 0 spiro atoms. The van der Waals surface area contributed by atoms with Crippen LogP contribution in [0.15, 0.2) is 0 Å². The van der Waals surface area contributed by atoms with Gasteiger partial charge in [-0.15, -0.1) is 12.4 Å². The highest BCUT2D eigenvalue weighted by Crippen LogP contribution is 2.27. The fourth-order valence-electron chi connectivity index (χ4n) is 1.86. The Kier molecular flexibility index (Phi) is 5.22. The van der Waals surface area contributed by atoms with Crippen LogP contribution in [0.3, 0.4) is 0 Å². The van der Waals surface area contributed by atoms with Crippen LogP contribution in [-0.4, -0.2) is 37.1 Å². The van der Waals surface area contributed by atoms with Crippen LogP contribution in [-0.2, 0) is 0 Å². The predicted octanol–water partition coefficient (Wildman–Crippen LogP) is 0.426. The highest BCUT2D eigenvalue weighted by Gasteiger charge is 2.32. The van der Waals surface area contributed by atoms with Crippen molar-refractivity contribution < 1.29 is 0 Å². The third-order valence-corrected chi connectivity index (χ3v) is 2.84. The normalized spacial score (nSPS) is 28.2. The van der Waals surface area contributed by atoms with Crippen molar-refractivity contribution in [2.24, 2.45) is 16.9 Å². The average molecular weight is 208 g/mol. The lowest BCUT2D eigenvalue weighted by Gasteiger charge is -2.42. The maximum Gasteiger partial charge on any atom is 0.0115 e. The van der Waals surface area contributed by atoms with Crippen molar-refractivity contribution in [2.75, 3.05) is 26.2 Å². The van der Waals surface area contributed by atoms with Crippen molar-refractivity contribution in [3.05, 3.63) is 0 Å². The van der Waals surface area contributed by atoms with Crippen LogP contribution in [0.5, 0.6) is 0 Å². The van der Waals surface area contributed by atoms with E-state index in [4.69, 9.17) is 11.5 Å². The van der Waals surface area contributed by atoms with Gasteiger partial charge >= 0.3 is 0 Å². The van der Waals surface area contributed by atoms with Crippen molar-refractivity contribution in [2.45, 2.75) is 26.3 Å². The molecule has 0 radical (unpaired) electrons. The molecule has 0 aromatic rings. The van der Waals surface area contributed by atoms with Crippen molar-refractivity contribution in [1.29, 1.82) is 0 Å². The Morgan fingerprint density at radius 3 is 2.54 bits per heavy atom. The number of nitrogens with zero attached hydrogens (tertiary/aromatic N) is 1. The molecule has 0 aromatic carbocycles. The molecule has 1 aliphatic rings. The minimum absolute atomic E-state index is 0. The van der Waals surface area contributed by atoms with Gasteiger partial charge in [-0.25, -0.2) is 0 Å². The Balaban J connectivity index is 0.00000144. The molecule has 1 rings (SSSR count). The second kappa shape index (κ2) is 5.15. The topological polar surface area (TPSA) is 55.3 Å². The lowest BCUT2D eigenvalue weighted by Crippen LogP contribution is -2.53. The first-order valence-electron chi connectivity index (χ1n) is 4.74. The predicted molar refractivity (Wildman–Crippen MR) is 59.1 cm³/mol. The fraction of sp³-hybridized carbons (Fsp3) is 1.00. The molecule has 13 heavy (non-hydrogen) atoms. The molecule has 0 saturated carbocycles. The zero-order valence-electron chi connectivity index (χ0n) is 8.62. The highest BCUT2D eigenvalue weighted by molar-refractivity contribution is 5.85. The maximum absolute atomic E-state index is 6.01. The molecule has 0 bridgehead atoms. The second-order valence-electron chi connectivity index (χ2n) is 4.45. The third kappa shape index (κ3) is 3.43. The van der Waals surface area contributed by atoms with Gasteiger partial charge in [0.05, 0.1) is 0 Å². The molecule has 1 atom stereocenters. The summed E-state index contributed by atoms with van der Waals surface area (Å²) in [5, 5.41) is 0. The van der Waals surface area contributed by atoms with Crippen molar-refractivity contribution in [3.8, 4) is 0 Å². The van der Waals surface area contributed by atoms with Crippen LogP contribution in [0.4, 0.5) is 0 Å². The summed E-state index contributed by atoms with van der Waals surface area (Å²) in [5.41, 5.74) is 11.8. The van der Waals surface area contributed by atoms with Crippen LogP contribution in [0.25, 0.3) is 0 Å². The van der Waals surface area contributed by atoms with Gasteiger partial charge in [0, 0.05) is 25.7 Å². The van der Waals surface area contributed by atoms with E-state index in [2.05, 4.69) is 18.7 Å². The smallest absolute Gasteiger partial charge is 0.0115 e. The molecule has 1 heterocycles. The summed E-state index contributed by atoms with van der Waals surface area (Å²) >= 11 is 0. The van der Waals surface area contributed by atoms with Crippen LogP contribution >= 0.6 is 12.4 Å². The molecule has 4 N–H and O–H groups in total. The van der Waals surface area contributed by atoms with E-state index in [1.54, 1.807) is 0 Å². The van der Waals surface area contributed by atoms with Gasteiger partial charge < -0.3 is 16.4 Å². The molecule has 80 valence electrons. The Morgan fingerprint density at radius 1 is 1.46 bits per heavy atom. The van der Waals surface area contributed by atoms with E-state index in [-0.39, 0.29) is 17.8 Å². The first-order chi connectivity index (χ1) is 5.56. The standard InChI is InChI=1S/C9H21N3.ClH/c1-9(2)7-12(6-4-10)5-3-8(9)11;/h8H,3-7,10-11H2,1-2H3;1H. The first kappa shape index (κ1) is 13.2. The van der Waals surface area contributed by atoms with Gasteiger partial charge in [-0.2, -0.15) is 0 Å². The molecule has 1 fully saturated rings. The number of nitrogens with two attached hydrogens (primary N) is 2. The number of likely N-dealkylation sites (tertiary alicyclic amines) is 1. The molecule has 0 aliphatic carbocycles. The Bertz CT molecular complexity index is 150. The molecule has 3 nitrogen and oxygen atoms in total. The van der Waals surface area contributed by atoms with Crippen molar-refractivity contribution in [1.82, 2.24) is 4.90 Å². The quantitative estimate of drug-likeness (QED) is 0.691. The zero-order chi connectivity index (χ0) is 9.19. The van der Waals surface area contributed by atoms with E-state index in [0.717, 1.165) is 32.6 Å². The summed E-state index contributed by atoms with van der Waals surface area (Å²) in [7, 11) is 0. The van der Waals surface area contributed by atoms with E-state index < -0.39 is 0 Å². The van der Waals surface area contributed by atoms with Crippen LogP contribution in [0, 0.1) is 5.41 Å². The molecular formula is C9H22ClN3. The molecule has 0 aromatic heterocycles. The van der Waals surface area contributed by atoms with E-state index >= 15 is 0 Å². The lowest BCUT2D eigenvalue weighted by molar-refractivity contribution is 0.0981. The molecule has 1 saturated heterocycles. The van der Waals surface area contributed by atoms with E-state index in [1.165, 1.54) is 0 Å². The molecule has 1 unspecified atom stereocenters. The largest absolute Gasteiger partial charge is 0.329 e. The first-order valence-corrected chi connectivity index (χ1v) is 4.74. The fourth-order valence-corrected chi connectivity index (χ4v) is 1.86. The van der Waals surface area contributed by atoms with Gasteiger partial charge in [0.1, 0.15) is 0 Å². The van der Waals surface area contributed by atoms with Gasteiger partial charge in [-0.05, 0) is 18.4 Å². The van der Waals surface area contributed by atoms with Crippen molar-refractivity contribution in [3.63, 3.8) is 0 Å². The van der Waals surface area contributed by atoms with Gasteiger partial charge in [0.2, 0.25) is 0 Å².